The summed E-state index contributed by atoms with van der Waals surface area (Å²) in [6, 6.07) is 13.2. The summed E-state index contributed by atoms with van der Waals surface area (Å²) < 4.78 is 12.7. The first-order chi connectivity index (χ1) is 9.63. The van der Waals surface area contributed by atoms with Crippen molar-refractivity contribution >= 4 is 23.6 Å². The third-order valence-corrected chi connectivity index (χ3v) is 2.93. The third kappa shape index (κ3) is 4.52. The van der Waals surface area contributed by atoms with Crippen molar-refractivity contribution in [1.29, 1.82) is 0 Å². The van der Waals surface area contributed by atoms with Gasteiger partial charge in [-0.25, -0.2) is 4.39 Å². The standard InChI is InChI=1S/C16H13ClFNO/c17-14-6-1-12(2-7-14)5-10-16(20)19-11-13-3-8-15(18)9-4-13/h1-10H,11H2,(H,19,20). The Bertz CT molecular complexity index is 605. The Morgan fingerprint density at radius 3 is 2.40 bits per heavy atom. The molecular formula is C16H13ClFNO. The van der Waals surface area contributed by atoms with Gasteiger partial charge in [-0.3, -0.25) is 4.79 Å². The second-order valence-electron chi connectivity index (χ2n) is 4.23. The molecule has 0 radical (unpaired) electrons. The zero-order valence-corrected chi connectivity index (χ0v) is 11.4. The lowest BCUT2D eigenvalue weighted by Gasteiger charge is -2.02. The van der Waals surface area contributed by atoms with Crippen LogP contribution in [0.1, 0.15) is 11.1 Å². The fourth-order valence-electron chi connectivity index (χ4n) is 1.60. The molecule has 102 valence electrons. The van der Waals surface area contributed by atoms with Crippen molar-refractivity contribution in [2.45, 2.75) is 6.54 Å². The second-order valence-corrected chi connectivity index (χ2v) is 4.67. The number of hydrogen-bond donors (Lipinski definition) is 1. The summed E-state index contributed by atoms with van der Waals surface area (Å²) in [6.45, 7) is 0.365. The highest BCUT2D eigenvalue weighted by Gasteiger charge is 1.97. The number of benzene rings is 2. The monoisotopic (exact) mass is 289 g/mol. The number of amides is 1. The molecule has 0 fully saturated rings. The van der Waals surface area contributed by atoms with Gasteiger partial charge in [-0.15, -0.1) is 0 Å². The zero-order chi connectivity index (χ0) is 14.4. The van der Waals surface area contributed by atoms with E-state index in [9.17, 15) is 9.18 Å². The summed E-state index contributed by atoms with van der Waals surface area (Å²) in [6.07, 6.45) is 3.16. The van der Waals surface area contributed by atoms with Gasteiger partial charge in [0.2, 0.25) is 5.91 Å². The van der Waals surface area contributed by atoms with E-state index >= 15 is 0 Å². The van der Waals surface area contributed by atoms with Crippen molar-refractivity contribution in [2.75, 3.05) is 0 Å². The van der Waals surface area contributed by atoms with E-state index in [0.717, 1.165) is 11.1 Å². The summed E-state index contributed by atoms with van der Waals surface area (Å²) in [4.78, 5) is 11.6. The summed E-state index contributed by atoms with van der Waals surface area (Å²) in [5, 5.41) is 3.38. The molecule has 4 heteroatoms. The molecule has 1 N–H and O–H groups in total. The summed E-state index contributed by atoms with van der Waals surface area (Å²) in [7, 11) is 0. The molecular weight excluding hydrogens is 277 g/mol. The van der Waals surface area contributed by atoms with Gasteiger partial charge < -0.3 is 5.32 Å². The van der Waals surface area contributed by atoms with Crippen molar-refractivity contribution in [3.8, 4) is 0 Å². The van der Waals surface area contributed by atoms with Crippen molar-refractivity contribution in [1.82, 2.24) is 5.32 Å². The first-order valence-corrected chi connectivity index (χ1v) is 6.47. The van der Waals surface area contributed by atoms with Gasteiger partial charge in [-0.1, -0.05) is 35.9 Å². The minimum atomic E-state index is -0.289. The van der Waals surface area contributed by atoms with Crippen LogP contribution in [0.3, 0.4) is 0 Å². The highest BCUT2D eigenvalue weighted by Crippen LogP contribution is 2.10. The Labute approximate surface area is 121 Å². The molecule has 20 heavy (non-hydrogen) atoms. The highest BCUT2D eigenvalue weighted by atomic mass is 35.5. The Hall–Kier alpha value is -2.13. The van der Waals surface area contributed by atoms with Gasteiger partial charge in [0.25, 0.3) is 0 Å². The molecule has 0 saturated carbocycles. The molecule has 2 rings (SSSR count). The number of carbonyl (C=O) groups is 1. The zero-order valence-electron chi connectivity index (χ0n) is 10.6. The van der Waals surface area contributed by atoms with Gasteiger partial charge in [0, 0.05) is 17.6 Å². The summed E-state index contributed by atoms with van der Waals surface area (Å²) >= 11 is 5.77. The summed E-state index contributed by atoms with van der Waals surface area (Å²) in [5.74, 6) is -0.494. The molecule has 0 aromatic heterocycles. The Morgan fingerprint density at radius 1 is 1.10 bits per heavy atom. The number of hydrogen-bond acceptors (Lipinski definition) is 1. The van der Waals surface area contributed by atoms with Gasteiger partial charge in [0.1, 0.15) is 5.82 Å². The lowest BCUT2D eigenvalue weighted by Crippen LogP contribution is -2.20. The maximum Gasteiger partial charge on any atom is 0.244 e. The second kappa shape index (κ2) is 6.87. The lowest BCUT2D eigenvalue weighted by molar-refractivity contribution is -0.116. The van der Waals surface area contributed by atoms with Crippen LogP contribution in [0.4, 0.5) is 4.39 Å². The van der Waals surface area contributed by atoms with Crippen LogP contribution in [0.15, 0.2) is 54.6 Å². The van der Waals surface area contributed by atoms with Crippen molar-refractivity contribution in [2.24, 2.45) is 0 Å². The van der Waals surface area contributed by atoms with Crippen molar-refractivity contribution in [3.05, 3.63) is 76.6 Å². The molecule has 0 atom stereocenters. The fourth-order valence-corrected chi connectivity index (χ4v) is 1.72. The average molecular weight is 290 g/mol. The summed E-state index contributed by atoms with van der Waals surface area (Å²) in [5.41, 5.74) is 1.74. The van der Waals surface area contributed by atoms with E-state index in [4.69, 9.17) is 11.6 Å². The molecule has 0 saturated heterocycles. The molecule has 1 amide bonds. The van der Waals surface area contributed by atoms with E-state index in [2.05, 4.69) is 5.32 Å². The Kier molecular flexibility index (Phi) is 4.91. The predicted octanol–water partition coefficient (Wildman–Crippen LogP) is 3.81. The third-order valence-electron chi connectivity index (χ3n) is 2.68. The topological polar surface area (TPSA) is 29.1 Å². The average Bonchev–Trinajstić information content (AvgIpc) is 2.46. The van der Waals surface area contributed by atoms with Crippen LogP contribution in [-0.4, -0.2) is 5.91 Å². The minimum Gasteiger partial charge on any atom is -0.348 e. The van der Waals surface area contributed by atoms with Crippen molar-refractivity contribution < 1.29 is 9.18 Å². The van der Waals surface area contributed by atoms with Crippen LogP contribution in [0.2, 0.25) is 5.02 Å². The number of rotatable bonds is 4. The molecule has 0 aliphatic rings. The van der Waals surface area contributed by atoms with E-state index in [0.29, 0.717) is 11.6 Å². The molecule has 0 heterocycles. The molecule has 0 spiro atoms. The smallest absolute Gasteiger partial charge is 0.244 e. The van der Waals surface area contributed by atoms with Crippen LogP contribution < -0.4 is 5.32 Å². The van der Waals surface area contributed by atoms with E-state index in [1.807, 2.05) is 12.1 Å². The molecule has 2 aromatic rings. The first kappa shape index (κ1) is 14.3. The molecule has 2 aromatic carbocycles. The number of halogens is 2. The van der Waals surface area contributed by atoms with Crippen LogP contribution in [0.25, 0.3) is 6.08 Å². The Morgan fingerprint density at radius 2 is 1.75 bits per heavy atom. The largest absolute Gasteiger partial charge is 0.348 e. The van der Waals surface area contributed by atoms with E-state index in [1.165, 1.54) is 18.2 Å². The van der Waals surface area contributed by atoms with E-state index < -0.39 is 0 Å². The first-order valence-electron chi connectivity index (χ1n) is 6.09. The number of nitrogens with one attached hydrogen (secondary N) is 1. The van der Waals surface area contributed by atoms with Gasteiger partial charge in [0.15, 0.2) is 0 Å². The molecule has 0 aliphatic carbocycles. The lowest BCUT2D eigenvalue weighted by atomic mass is 10.2. The van der Waals surface area contributed by atoms with Crippen LogP contribution in [-0.2, 0) is 11.3 Å². The van der Waals surface area contributed by atoms with Gasteiger partial charge in [-0.2, -0.15) is 0 Å². The van der Waals surface area contributed by atoms with Crippen LogP contribution in [0.5, 0.6) is 0 Å². The van der Waals surface area contributed by atoms with Crippen molar-refractivity contribution in [3.63, 3.8) is 0 Å². The normalized spacial score (nSPS) is 10.7. The fraction of sp³-hybridized carbons (Fsp3) is 0.0625. The maximum atomic E-state index is 12.7. The SMILES string of the molecule is O=C(C=Cc1ccc(Cl)cc1)NCc1ccc(F)cc1. The molecule has 0 unspecified atom stereocenters. The van der Waals surface area contributed by atoms with Gasteiger partial charge >= 0.3 is 0 Å². The molecule has 2 nitrogen and oxygen atoms in total. The molecule has 0 aliphatic heterocycles. The van der Waals surface area contributed by atoms with Crippen LogP contribution in [0, 0.1) is 5.82 Å². The van der Waals surface area contributed by atoms with Crippen LogP contribution >= 0.6 is 11.6 Å². The maximum absolute atomic E-state index is 12.7. The molecule has 0 bridgehead atoms. The van der Waals surface area contributed by atoms with E-state index in [1.54, 1.807) is 30.3 Å². The predicted molar refractivity (Wildman–Crippen MR) is 78.7 cm³/mol. The number of carbonyl (C=O) groups excluding carboxylic acids is 1. The van der Waals surface area contributed by atoms with Gasteiger partial charge in [-0.05, 0) is 41.5 Å². The minimum absolute atomic E-state index is 0.204. The quantitative estimate of drug-likeness (QED) is 0.852. The highest BCUT2D eigenvalue weighted by molar-refractivity contribution is 6.30. The Balaban J connectivity index is 1.86. The van der Waals surface area contributed by atoms with E-state index in [-0.39, 0.29) is 11.7 Å². The van der Waals surface area contributed by atoms with Gasteiger partial charge in [0.05, 0.1) is 0 Å².